The first kappa shape index (κ1) is 11.3. The van der Waals surface area contributed by atoms with E-state index in [4.69, 9.17) is 4.74 Å². The lowest BCUT2D eigenvalue weighted by molar-refractivity contribution is 0.101. The lowest BCUT2D eigenvalue weighted by Crippen LogP contribution is -2.02. The van der Waals surface area contributed by atoms with Crippen molar-refractivity contribution in [2.45, 2.75) is 6.92 Å². The minimum absolute atomic E-state index is 0.00304. The van der Waals surface area contributed by atoms with Gasteiger partial charge in [0, 0.05) is 18.8 Å². The van der Waals surface area contributed by atoms with E-state index in [0.29, 0.717) is 17.9 Å². The predicted molar refractivity (Wildman–Crippen MR) is 61.7 cm³/mol. The zero-order chi connectivity index (χ0) is 11.3. The molecule has 15 heavy (non-hydrogen) atoms. The molecule has 0 fully saturated rings. The first-order chi connectivity index (χ1) is 7.19. The van der Waals surface area contributed by atoms with E-state index in [1.807, 2.05) is 13.1 Å². The number of Topliss-reactive ketones (excluding diaryl/α,β-unsaturated/α-hetero) is 1. The van der Waals surface area contributed by atoms with Gasteiger partial charge in [0.25, 0.3) is 0 Å². The highest BCUT2D eigenvalue weighted by molar-refractivity contribution is 5.97. The van der Waals surface area contributed by atoms with E-state index in [2.05, 4.69) is 11.9 Å². The minimum Gasteiger partial charge on any atom is -0.489 e. The van der Waals surface area contributed by atoms with Crippen molar-refractivity contribution in [1.29, 1.82) is 0 Å². The highest BCUT2D eigenvalue weighted by atomic mass is 16.5. The van der Waals surface area contributed by atoms with Crippen LogP contribution in [0.25, 0.3) is 0 Å². The maximum absolute atomic E-state index is 11.3. The Kier molecular flexibility index (Phi) is 3.92. The summed E-state index contributed by atoms with van der Waals surface area (Å²) in [7, 11) is 1.82. The Morgan fingerprint density at radius 3 is 2.87 bits per heavy atom. The van der Waals surface area contributed by atoms with Crippen molar-refractivity contribution in [3.05, 3.63) is 36.4 Å². The van der Waals surface area contributed by atoms with E-state index >= 15 is 0 Å². The average molecular weight is 205 g/mol. The number of anilines is 1. The minimum atomic E-state index is -0.00304. The number of benzene rings is 1. The zero-order valence-corrected chi connectivity index (χ0v) is 9.04. The number of nitrogens with one attached hydrogen (secondary N) is 1. The van der Waals surface area contributed by atoms with Crippen molar-refractivity contribution >= 4 is 11.5 Å². The van der Waals surface area contributed by atoms with Gasteiger partial charge in [0.1, 0.15) is 12.4 Å². The van der Waals surface area contributed by atoms with Crippen LogP contribution in [0.3, 0.4) is 0 Å². The number of ether oxygens (including phenoxy) is 1. The van der Waals surface area contributed by atoms with Crippen LogP contribution in [0.15, 0.2) is 30.9 Å². The molecule has 0 bridgehead atoms. The summed E-state index contributed by atoms with van der Waals surface area (Å²) in [4.78, 5) is 11.3. The van der Waals surface area contributed by atoms with Gasteiger partial charge in [-0.25, -0.2) is 0 Å². The van der Waals surface area contributed by atoms with E-state index in [9.17, 15) is 4.79 Å². The van der Waals surface area contributed by atoms with Gasteiger partial charge >= 0.3 is 0 Å². The Labute approximate surface area is 89.8 Å². The molecule has 0 spiro atoms. The van der Waals surface area contributed by atoms with Gasteiger partial charge in [0.15, 0.2) is 5.78 Å². The molecule has 0 aliphatic rings. The predicted octanol–water partition coefficient (Wildman–Crippen LogP) is 2.50. The van der Waals surface area contributed by atoms with E-state index in [-0.39, 0.29) is 5.78 Å². The first-order valence-corrected chi connectivity index (χ1v) is 4.75. The lowest BCUT2D eigenvalue weighted by Gasteiger charge is -2.10. The molecule has 1 aromatic carbocycles. The fourth-order valence-electron chi connectivity index (χ4n) is 1.24. The molecule has 0 saturated heterocycles. The molecule has 0 aromatic heterocycles. The van der Waals surface area contributed by atoms with Crippen molar-refractivity contribution in [2.24, 2.45) is 0 Å². The standard InChI is InChI=1S/C12H15NO2/c1-4-7-15-12-8-10(13-3)5-6-11(12)9(2)14/h4-6,8,13H,1,7H2,2-3H3. The van der Waals surface area contributed by atoms with Crippen LogP contribution in [0.1, 0.15) is 17.3 Å². The molecule has 1 N–H and O–H groups in total. The summed E-state index contributed by atoms with van der Waals surface area (Å²) in [6.07, 6.45) is 1.65. The number of rotatable bonds is 5. The third-order valence-electron chi connectivity index (χ3n) is 2.01. The molecule has 0 amide bonds. The molecule has 0 aliphatic carbocycles. The van der Waals surface area contributed by atoms with E-state index < -0.39 is 0 Å². The molecule has 0 atom stereocenters. The fraction of sp³-hybridized carbons (Fsp3) is 0.250. The van der Waals surface area contributed by atoms with Crippen molar-refractivity contribution in [3.63, 3.8) is 0 Å². The lowest BCUT2D eigenvalue weighted by atomic mass is 10.1. The Hall–Kier alpha value is -1.77. The first-order valence-electron chi connectivity index (χ1n) is 4.75. The molecule has 3 nitrogen and oxygen atoms in total. The van der Waals surface area contributed by atoms with Crippen molar-refractivity contribution in [3.8, 4) is 5.75 Å². The monoisotopic (exact) mass is 205 g/mol. The number of hydrogen-bond acceptors (Lipinski definition) is 3. The Bertz CT molecular complexity index is 372. The fourth-order valence-corrected chi connectivity index (χ4v) is 1.24. The Morgan fingerprint density at radius 1 is 1.60 bits per heavy atom. The summed E-state index contributed by atoms with van der Waals surface area (Å²) in [6, 6.07) is 5.41. The topological polar surface area (TPSA) is 38.3 Å². The third-order valence-corrected chi connectivity index (χ3v) is 2.01. The second-order valence-electron chi connectivity index (χ2n) is 3.12. The van der Waals surface area contributed by atoms with Gasteiger partial charge in [-0.15, -0.1) is 0 Å². The van der Waals surface area contributed by atoms with Crippen LogP contribution < -0.4 is 10.1 Å². The summed E-state index contributed by atoms with van der Waals surface area (Å²) in [5, 5.41) is 2.99. The molecule has 1 rings (SSSR count). The zero-order valence-electron chi connectivity index (χ0n) is 9.04. The SMILES string of the molecule is C=CCOc1cc(NC)ccc1C(C)=O. The largest absolute Gasteiger partial charge is 0.489 e. The maximum Gasteiger partial charge on any atom is 0.163 e. The molecule has 1 aromatic rings. The normalized spacial score (nSPS) is 9.47. The molecular weight excluding hydrogens is 190 g/mol. The number of ketones is 1. The van der Waals surface area contributed by atoms with E-state index in [1.54, 1.807) is 18.2 Å². The van der Waals surface area contributed by atoms with Crippen molar-refractivity contribution in [2.75, 3.05) is 19.0 Å². The smallest absolute Gasteiger partial charge is 0.163 e. The Morgan fingerprint density at radius 2 is 2.33 bits per heavy atom. The second-order valence-corrected chi connectivity index (χ2v) is 3.12. The molecule has 3 heteroatoms. The summed E-state index contributed by atoms with van der Waals surface area (Å²) in [6.45, 7) is 5.49. The van der Waals surface area contributed by atoms with Gasteiger partial charge in [0.05, 0.1) is 5.56 Å². The quantitative estimate of drug-likeness (QED) is 0.593. The highest BCUT2D eigenvalue weighted by Gasteiger charge is 2.08. The van der Waals surface area contributed by atoms with Gasteiger partial charge < -0.3 is 10.1 Å². The second kappa shape index (κ2) is 5.20. The van der Waals surface area contributed by atoms with Crippen LogP contribution in [-0.4, -0.2) is 19.4 Å². The molecule has 0 unspecified atom stereocenters. The highest BCUT2D eigenvalue weighted by Crippen LogP contribution is 2.23. The molecule has 0 saturated carbocycles. The van der Waals surface area contributed by atoms with Crippen LogP contribution in [0.5, 0.6) is 5.75 Å². The van der Waals surface area contributed by atoms with Crippen LogP contribution >= 0.6 is 0 Å². The van der Waals surface area contributed by atoms with Crippen LogP contribution in [0, 0.1) is 0 Å². The molecule has 0 heterocycles. The molecular formula is C12H15NO2. The number of hydrogen-bond donors (Lipinski definition) is 1. The summed E-state index contributed by atoms with van der Waals surface area (Å²) >= 11 is 0. The Balaban J connectivity index is 3.04. The number of carbonyl (C=O) groups excluding carboxylic acids is 1. The third kappa shape index (κ3) is 2.84. The van der Waals surface area contributed by atoms with Crippen molar-refractivity contribution in [1.82, 2.24) is 0 Å². The van der Waals surface area contributed by atoms with Gasteiger partial charge in [-0.2, -0.15) is 0 Å². The molecule has 0 aliphatic heterocycles. The van der Waals surface area contributed by atoms with Crippen LogP contribution in [0.2, 0.25) is 0 Å². The van der Waals surface area contributed by atoms with Crippen LogP contribution in [0.4, 0.5) is 5.69 Å². The molecule has 0 radical (unpaired) electrons. The van der Waals surface area contributed by atoms with Gasteiger partial charge in [-0.1, -0.05) is 12.7 Å². The van der Waals surface area contributed by atoms with Crippen molar-refractivity contribution < 1.29 is 9.53 Å². The maximum atomic E-state index is 11.3. The van der Waals surface area contributed by atoms with E-state index in [0.717, 1.165) is 5.69 Å². The van der Waals surface area contributed by atoms with Gasteiger partial charge in [-0.05, 0) is 19.1 Å². The molecule has 80 valence electrons. The van der Waals surface area contributed by atoms with E-state index in [1.165, 1.54) is 6.92 Å². The summed E-state index contributed by atoms with van der Waals surface area (Å²) in [5.41, 5.74) is 1.51. The van der Waals surface area contributed by atoms with Crippen LogP contribution in [-0.2, 0) is 0 Å². The number of carbonyl (C=O) groups is 1. The van der Waals surface area contributed by atoms with Gasteiger partial charge in [-0.3, -0.25) is 4.79 Å². The van der Waals surface area contributed by atoms with Gasteiger partial charge in [0.2, 0.25) is 0 Å². The average Bonchev–Trinajstić information content (AvgIpc) is 2.25. The summed E-state index contributed by atoms with van der Waals surface area (Å²) < 4.78 is 5.41. The summed E-state index contributed by atoms with van der Waals surface area (Å²) in [5.74, 6) is 0.589.